The summed E-state index contributed by atoms with van der Waals surface area (Å²) in [7, 11) is 2.10. The molecule has 2 rings (SSSR count). The lowest BCUT2D eigenvalue weighted by Crippen LogP contribution is -2.41. The molecule has 1 aliphatic rings. The van der Waals surface area contributed by atoms with Crippen molar-refractivity contribution in [1.29, 1.82) is 0 Å². The molecule has 1 aromatic rings. The fraction of sp³-hybridized carbons (Fsp3) is 0.562. The monoisotopic (exact) mass is 359 g/mol. The van der Waals surface area contributed by atoms with Crippen molar-refractivity contribution in [3.8, 4) is 5.75 Å². The molecule has 0 bridgehead atoms. The molecule has 0 saturated carbocycles. The highest BCUT2D eigenvalue weighted by Gasteiger charge is 2.52. The molecule has 0 N–H and O–H groups in total. The highest BCUT2D eigenvalue weighted by Crippen LogP contribution is 2.37. The van der Waals surface area contributed by atoms with E-state index in [1.165, 1.54) is 31.1 Å². The van der Waals surface area contributed by atoms with Gasteiger partial charge in [0.25, 0.3) is 5.91 Å². The molecule has 1 fully saturated rings. The van der Waals surface area contributed by atoms with Crippen molar-refractivity contribution in [1.82, 2.24) is 4.90 Å². The molecular weight excluding hydrogens is 338 g/mol. The fourth-order valence-electron chi connectivity index (χ4n) is 2.30. The van der Waals surface area contributed by atoms with Crippen molar-refractivity contribution in [2.45, 2.75) is 45.3 Å². The molecule has 1 aromatic carbocycles. The van der Waals surface area contributed by atoms with Gasteiger partial charge in [0.05, 0.1) is 16.8 Å². The predicted molar refractivity (Wildman–Crippen MR) is 86.9 cm³/mol. The molecule has 9 heteroatoms. The van der Waals surface area contributed by atoms with E-state index >= 15 is 0 Å². The zero-order chi connectivity index (χ0) is 19.2. The van der Waals surface area contributed by atoms with Crippen LogP contribution in [0.2, 0.25) is 0 Å². The van der Waals surface area contributed by atoms with Crippen LogP contribution in [-0.4, -0.2) is 49.6 Å². The summed E-state index contributed by atoms with van der Waals surface area (Å²) in [4.78, 5) is 13.4. The minimum absolute atomic E-state index is 0.213. The number of amides is 1. The summed E-state index contributed by atoms with van der Waals surface area (Å²) in [6, 6.07) is 3.81. The molecule has 0 atom stereocenters. The molecule has 1 saturated heterocycles. The number of halogens is 3. The number of hydrogen-bond acceptors (Lipinski definition) is 4. The third kappa shape index (κ3) is 4.09. The molecule has 1 amide bonds. The van der Waals surface area contributed by atoms with E-state index in [9.17, 15) is 18.0 Å². The van der Waals surface area contributed by atoms with E-state index in [1.54, 1.807) is 0 Å². The lowest BCUT2D eigenvalue weighted by Gasteiger charge is -2.32. The van der Waals surface area contributed by atoms with E-state index in [0.29, 0.717) is 5.46 Å². The van der Waals surface area contributed by atoms with Crippen LogP contribution in [0.4, 0.5) is 13.2 Å². The molecule has 0 radical (unpaired) electrons. The maximum absolute atomic E-state index is 12.6. The van der Waals surface area contributed by atoms with Crippen LogP contribution in [0.15, 0.2) is 18.2 Å². The first-order valence-corrected chi connectivity index (χ1v) is 7.70. The number of alkyl halides is 3. The van der Waals surface area contributed by atoms with Gasteiger partial charge in [-0.2, -0.15) is 0 Å². The molecule has 0 aromatic heterocycles. The van der Waals surface area contributed by atoms with Crippen LogP contribution in [0.5, 0.6) is 5.75 Å². The Morgan fingerprint density at radius 3 is 2.08 bits per heavy atom. The molecule has 1 heterocycles. The molecule has 5 nitrogen and oxygen atoms in total. The first-order chi connectivity index (χ1) is 11.2. The zero-order valence-corrected chi connectivity index (χ0v) is 15.0. The molecule has 0 aliphatic carbocycles. The molecule has 1 aliphatic heterocycles. The Bertz CT molecular complexity index is 658. The number of carbonyl (C=O) groups excluding carboxylic acids is 1. The van der Waals surface area contributed by atoms with Gasteiger partial charge in [-0.3, -0.25) is 4.79 Å². The Hall–Kier alpha value is -1.74. The lowest BCUT2D eigenvalue weighted by molar-refractivity contribution is -0.274. The Labute approximate surface area is 145 Å². The maximum atomic E-state index is 12.6. The SMILES string of the molecule is CN(C)C(=O)c1cc(B2OC(C)(C)C(C)(C)O2)ccc1OC(F)(F)F. The van der Waals surface area contributed by atoms with Crippen LogP contribution in [0.1, 0.15) is 38.1 Å². The van der Waals surface area contributed by atoms with Crippen molar-refractivity contribution >= 4 is 18.5 Å². The number of hydrogen-bond donors (Lipinski definition) is 0. The van der Waals surface area contributed by atoms with Gasteiger partial charge in [0.1, 0.15) is 5.75 Å². The van der Waals surface area contributed by atoms with Crippen LogP contribution in [0.3, 0.4) is 0 Å². The van der Waals surface area contributed by atoms with E-state index in [2.05, 4.69) is 4.74 Å². The standard InChI is InChI=1S/C16H21BF3NO4/c1-14(2)15(3,4)25-17(24-14)10-7-8-12(23-16(18,19)20)11(9-10)13(22)21(5)6/h7-9H,1-6H3. The number of carbonyl (C=O) groups is 1. The highest BCUT2D eigenvalue weighted by atomic mass is 19.4. The number of rotatable bonds is 3. The van der Waals surface area contributed by atoms with Crippen molar-refractivity contribution in [2.75, 3.05) is 14.1 Å². The van der Waals surface area contributed by atoms with Crippen molar-refractivity contribution in [3.05, 3.63) is 23.8 Å². The third-order valence-electron chi connectivity index (χ3n) is 4.39. The zero-order valence-electron chi connectivity index (χ0n) is 15.0. The molecule has 0 unspecified atom stereocenters. The second-order valence-corrected chi connectivity index (χ2v) is 7.09. The quantitative estimate of drug-likeness (QED) is 0.779. The van der Waals surface area contributed by atoms with Crippen molar-refractivity contribution in [3.63, 3.8) is 0 Å². The molecule has 0 spiro atoms. The summed E-state index contributed by atoms with van der Waals surface area (Å²) in [5.74, 6) is -1.18. The second-order valence-electron chi connectivity index (χ2n) is 7.09. The smallest absolute Gasteiger partial charge is 0.405 e. The minimum Gasteiger partial charge on any atom is -0.405 e. The maximum Gasteiger partial charge on any atom is 0.573 e. The topological polar surface area (TPSA) is 48.0 Å². The summed E-state index contributed by atoms with van der Waals surface area (Å²) < 4.78 is 53.5. The minimum atomic E-state index is -4.90. The largest absolute Gasteiger partial charge is 0.573 e. The van der Waals surface area contributed by atoms with E-state index in [1.807, 2.05) is 27.7 Å². The van der Waals surface area contributed by atoms with E-state index in [-0.39, 0.29) is 5.56 Å². The van der Waals surface area contributed by atoms with Crippen molar-refractivity contribution < 1.29 is 32.0 Å². The summed E-state index contributed by atoms with van der Waals surface area (Å²) in [5, 5.41) is 0. The van der Waals surface area contributed by atoms with Gasteiger partial charge >= 0.3 is 13.5 Å². The van der Waals surface area contributed by atoms with Crippen LogP contribution in [0.25, 0.3) is 0 Å². The third-order valence-corrected chi connectivity index (χ3v) is 4.39. The van der Waals surface area contributed by atoms with Crippen LogP contribution < -0.4 is 10.2 Å². The average molecular weight is 359 g/mol. The number of nitrogens with zero attached hydrogens (tertiary/aromatic N) is 1. The number of ether oxygens (including phenoxy) is 1. The first-order valence-electron chi connectivity index (χ1n) is 7.70. The van der Waals surface area contributed by atoms with Crippen molar-refractivity contribution in [2.24, 2.45) is 0 Å². The van der Waals surface area contributed by atoms with Crippen LogP contribution >= 0.6 is 0 Å². The first kappa shape index (κ1) is 19.6. The summed E-state index contributed by atoms with van der Waals surface area (Å²) in [6.07, 6.45) is -4.90. The molecular formula is C16H21BF3NO4. The second kappa shape index (κ2) is 6.21. The van der Waals surface area contributed by atoms with Crippen LogP contribution in [0, 0.1) is 0 Å². The Balaban J connectivity index is 2.43. The normalized spacial score (nSPS) is 19.0. The van der Waals surface area contributed by atoms with Gasteiger partial charge in [-0.1, -0.05) is 6.07 Å². The van der Waals surface area contributed by atoms with Gasteiger partial charge in [0.15, 0.2) is 0 Å². The summed E-state index contributed by atoms with van der Waals surface area (Å²) >= 11 is 0. The number of benzene rings is 1. The van der Waals surface area contributed by atoms with E-state index < -0.39 is 36.3 Å². The van der Waals surface area contributed by atoms with Gasteiger partial charge in [0, 0.05) is 14.1 Å². The Morgan fingerprint density at radius 1 is 1.12 bits per heavy atom. The van der Waals surface area contributed by atoms with Gasteiger partial charge < -0.3 is 18.9 Å². The Kier molecular flexibility index (Phi) is 4.87. The molecule has 25 heavy (non-hydrogen) atoms. The average Bonchev–Trinajstić information content (AvgIpc) is 2.65. The highest BCUT2D eigenvalue weighted by molar-refractivity contribution is 6.62. The lowest BCUT2D eigenvalue weighted by atomic mass is 9.78. The van der Waals surface area contributed by atoms with Gasteiger partial charge in [0.2, 0.25) is 0 Å². The van der Waals surface area contributed by atoms with Crippen LogP contribution in [-0.2, 0) is 9.31 Å². The fourth-order valence-corrected chi connectivity index (χ4v) is 2.30. The summed E-state index contributed by atoms with van der Waals surface area (Å²) in [5.41, 5.74) is -0.984. The Morgan fingerprint density at radius 2 is 1.64 bits per heavy atom. The summed E-state index contributed by atoms with van der Waals surface area (Å²) in [6.45, 7) is 7.44. The van der Waals surface area contributed by atoms with E-state index in [0.717, 1.165) is 6.07 Å². The molecule has 138 valence electrons. The predicted octanol–water partition coefficient (Wildman–Crippen LogP) is 2.59. The van der Waals surface area contributed by atoms with Gasteiger partial charge in [-0.05, 0) is 45.3 Å². The van der Waals surface area contributed by atoms with Gasteiger partial charge in [-0.15, -0.1) is 13.2 Å². The van der Waals surface area contributed by atoms with Gasteiger partial charge in [-0.25, -0.2) is 0 Å². The van der Waals surface area contributed by atoms with E-state index in [4.69, 9.17) is 9.31 Å².